The van der Waals surface area contributed by atoms with Crippen LogP contribution < -0.4 is 5.32 Å². The average Bonchev–Trinajstić information content (AvgIpc) is 2.48. The van der Waals surface area contributed by atoms with Gasteiger partial charge in [-0.25, -0.2) is 0 Å². The number of rotatable bonds is 5. The molecule has 3 nitrogen and oxygen atoms in total. The molecule has 2 unspecified atom stereocenters. The highest BCUT2D eigenvalue weighted by Crippen LogP contribution is 2.25. The predicted molar refractivity (Wildman–Crippen MR) is 76.4 cm³/mol. The van der Waals surface area contributed by atoms with E-state index in [-0.39, 0.29) is 0 Å². The number of amides is 1. The maximum absolute atomic E-state index is 12.2. The normalized spacial score (nSPS) is 23.6. The molecule has 0 spiro atoms. The van der Waals surface area contributed by atoms with E-state index < -0.39 is 0 Å². The second-order valence-corrected chi connectivity index (χ2v) is 6.31. The van der Waals surface area contributed by atoms with E-state index in [0.29, 0.717) is 29.7 Å². The zero-order valence-corrected chi connectivity index (χ0v) is 12.7. The van der Waals surface area contributed by atoms with Crippen LogP contribution in [-0.4, -0.2) is 37.0 Å². The molecular weight excluding hydrogens is 224 g/mol. The molecule has 0 aromatic carbocycles. The minimum Gasteiger partial charge on any atom is -0.341 e. The third kappa shape index (κ3) is 4.27. The number of hydrogen-bond acceptors (Lipinski definition) is 2. The number of likely N-dealkylation sites (tertiary alicyclic amines) is 1. The Hall–Kier alpha value is -0.570. The Labute approximate surface area is 112 Å². The third-order valence-electron chi connectivity index (χ3n) is 4.39. The summed E-state index contributed by atoms with van der Waals surface area (Å²) in [6, 6.07) is 0.407. The molecule has 0 aromatic heterocycles. The van der Waals surface area contributed by atoms with Crippen LogP contribution in [0.5, 0.6) is 0 Å². The molecule has 1 N–H and O–H groups in total. The Bertz CT molecular complexity index is 263. The fraction of sp³-hybridized carbons (Fsp3) is 0.933. The standard InChI is InChI=1S/C15H30N2O/c1-11(2)13-6-7-15(18)17(9-8-13)10-14(16-5)12(3)4/h11-14,16H,6-10H2,1-5H3. The topological polar surface area (TPSA) is 32.3 Å². The van der Waals surface area contributed by atoms with Gasteiger partial charge in [-0.3, -0.25) is 4.79 Å². The van der Waals surface area contributed by atoms with Gasteiger partial charge in [0, 0.05) is 25.6 Å². The van der Waals surface area contributed by atoms with Crippen molar-refractivity contribution in [2.45, 2.75) is 53.0 Å². The molecule has 1 amide bonds. The van der Waals surface area contributed by atoms with Gasteiger partial charge in [-0.2, -0.15) is 0 Å². The van der Waals surface area contributed by atoms with Gasteiger partial charge >= 0.3 is 0 Å². The van der Waals surface area contributed by atoms with Crippen molar-refractivity contribution in [3.05, 3.63) is 0 Å². The van der Waals surface area contributed by atoms with Crippen LogP contribution in [0.3, 0.4) is 0 Å². The van der Waals surface area contributed by atoms with Crippen molar-refractivity contribution in [3.63, 3.8) is 0 Å². The van der Waals surface area contributed by atoms with Gasteiger partial charge in [-0.1, -0.05) is 27.7 Å². The number of nitrogens with zero attached hydrogens (tertiary/aromatic N) is 1. The van der Waals surface area contributed by atoms with Gasteiger partial charge in [0.1, 0.15) is 0 Å². The summed E-state index contributed by atoms with van der Waals surface area (Å²) in [5.74, 6) is 2.32. The molecule has 1 rings (SSSR count). The van der Waals surface area contributed by atoms with Crippen LogP contribution in [0.1, 0.15) is 47.0 Å². The minimum absolute atomic E-state index is 0.346. The van der Waals surface area contributed by atoms with Crippen molar-refractivity contribution in [1.82, 2.24) is 10.2 Å². The van der Waals surface area contributed by atoms with Crippen LogP contribution in [-0.2, 0) is 4.79 Å². The number of nitrogens with one attached hydrogen (secondary N) is 1. The van der Waals surface area contributed by atoms with E-state index in [1.807, 2.05) is 7.05 Å². The smallest absolute Gasteiger partial charge is 0.222 e. The first kappa shape index (κ1) is 15.5. The van der Waals surface area contributed by atoms with Gasteiger partial charge in [0.2, 0.25) is 5.91 Å². The number of hydrogen-bond donors (Lipinski definition) is 1. The monoisotopic (exact) mass is 254 g/mol. The van der Waals surface area contributed by atoms with Gasteiger partial charge in [0.05, 0.1) is 0 Å². The fourth-order valence-electron chi connectivity index (χ4n) is 2.79. The molecule has 1 aliphatic heterocycles. The summed E-state index contributed by atoms with van der Waals surface area (Å²) in [6.45, 7) is 10.8. The SMILES string of the molecule is CNC(CN1CCC(C(C)C)CCC1=O)C(C)C. The largest absolute Gasteiger partial charge is 0.341 e. The second-order valence-electron chi connectivity index (χ2n) is 6.31. The minimum atomic E-state index is 0.346. The maximum atomic E-state index is 12.2. The molecule has 0 aliphatic carbocycles. The fourth-order valence-corrected chi connectivity index (χ4v) is 2.79. The summed E-state index contributed by atoms with van der Waals surface area (Å²) < 4.78 is 0. The molecular formula is C15H30N2O. The van der Waals surface area contributed by atoms with Crippen LogP contribution >= 0.6 is 0 Å². The van der Waals surface area contributed by atoms with E-state index >= 15 is 0 Å². The summed E-state index contributed by atoms with van der Waals surface area (Å²) >= 11 is 0. The van der Waals surface area contributed by atoms with E-state index in [4.69, 9.17) is 0 Å². The Morgan fingerprint density at radius 3 is 2.44 bits per heavy atom. The summed E-state index contributed by atoms with van der Waals surface area (Å²) in [5, 5.41) is 3.33. The highest BCUT2D eigenvalue weighted by Gasteiger charge is 2.26. The second kappa shape index (κ2) is 7.13. The summed E-state index contributed by atoms with van der Waals surface area (Å²) in [6.07, 6.45) is 2.97. The van der Waals surface area contributed by atoms with Gasteiger partial charge in [-0.15, -0.1) is 0 Å². The molecule has 1 fully saturated rings. The van der Waals surface area contributed by atoms with E-state index in [0.717, 1.165) is 32.4 Å². The highest BCUT2D eigenvalue weighted by molar-refractivity contribution is 5.76. The lowest BCUT2D eigenvalue weighted by Crippen LogP contribution is -2.45. The van der Waals surface area contributed by atoms with Gasteiger partial charge < -0.3 is 10.2 Å². The van der Waals surface area contributed by atoms with E-state index in [9.17, 15) is 4.79 Å². The van der Waals surface area contributed by atoms with Crippen LogP contribution in [0.2, 0.25) is 0 Å². The first-order valence-electron chi connectivity index (χ1n) is 7.40. The summed E-state index contributed by atoms with van der Waals surface area (Å²) in [7, 11) is 1.99. The Morgan fingerprint density at radius 2 is 1.94 bits per heavy atom. The number of likely N-dealkylation sites (N-methyl/N-ethyl adjacent to an activating group) is 1. The Kier molecular flexibility index (Phi) is 6.13. The molecule has 0 aromatic rings. The number of carbonyl (C=O) groups excluding carboxylic acids is 1. The molecule has 0 bridgehead atoms. The van der Waals surface area contributed by atoms with Crippen LogP contribution in [0.4, 0.5) is 0 Å². The lowest BCUT2D eigenvalue weighted by molar-refractivity contribution is -0.131. The Morgan fingerprint density at radius 1 is 1.28 bits per heavy atom. The lowest BCUT2D eigenvalue weighted by Gasteiger charge is -2.29. The molecule has 1 aliphatic rings. The van der Waals surface area contributed by atoms with Crippen LogP contribution in [0, 0.1) is 17.8 Å². The van der Waals surface area contributed by atoms with Crippen molar-refractivity contribution >= 4 is 5.91 Å². The predicted octanol–water partition coefficient (Wildman–Crippen LogP) is 2.52. The highest BCUT2D eigenvalue weighted by atomic mass is 16.2. The Balaban J connectivity index is 2.57. The molecule has 18 heavy (non-hydrogen) atoms. The maximum Gasteiger partial charge on any atom is 0.222 e. The van der Waals surface area contributed by atoms with Crippen molar-refractivity contribution in [1.29, 1.82) is 0 Å². The first-order valence-corrected chi connectivity index (χ1v) is 7.40. The quantitative estimate of drug-likeness (QED) is 0.817. The van der Waals surface area contributed by atoms with Crippen molar-refractivity contribution in [3.8, 4) is 0 Å². The van der Waals surface area contributed by atoms with Crippen LogP contribution in [0.25, 0.3) is 0 Å². The lowest BCUT2D eigenvalue weighted by atomic mass is 9.89. The zero-order valence-electron chi connectivity index (χ0n) is 12.7. The van der Waals surface area contributed by atoms with Crippen molar-refractivity contribution in [2.75, 3.05) is 20.1 Å². The van der Waals surface area contributed by atoms with E-state index in [1.54, 1.807) is 0 Å². The van der Waals surface area contributed by atoms with Crippen molar-refractivity contribution in [2.24, 2.45) is 17.8 Å². The van der Waals surface area contributed by atoms with Gasteiger partial charge in [0.15, 0.2) is 0 Å². The zero-order chi connectivity index (χ0) is 13.7. The third-order valence-corrected chi connectivity index (χ3v) is 4.39. The van der Waals surface area contributed by atoms with Crippen molar-refractivity contribution < 1.29 is 4.79 Å². The molecule has 0 radical (unpaired) electrons. The summed E-state index contributed by atoms with van der Waals surface area (Å²) in [5.41, 5.74) is 0. The first-order chi connectivity index (χ1) is 8.45. The van der Waals surface area contributed by atoms with E-state index in [2.05, 4.69) is 37.9 Å². The molecule has 0 saturated carbocycles. The summed E-state index contributed by atoms with van der Waals surface area (Å²) in [4.78, 5) is 14.2. The molecule has 2 atom stereocenters. The van der Waals surface area contributed by atoms with Gasteiger partial charge in [-0.05, 0) is 37.6 Å². The molecule has 106 valence electrons. The average molecular weight is 254 g/mol. The van der Waals surface area contributed by atoms with E-state index in [1.165, 1.54) is 0 Å². The molecule has 3 heteroatoms. The number of carbonyl (C=O) groups is 1. The van der Waals surface area contributed by atoms with Gasteiger partial charge in [0.25, 0.3) is 0 Å². The molecule has 1 heterocycles. The molecule has 1 saturated heterocycles. The van der Waals surface area contributed by atoms with Crippen LogP contribution in [0.15, 0.2) is 0 Å².